The third-order valence-corrected chi connectivity index (χ3v) is 9.50. The van der Waals surface area contributed by atoms with Crippen LogP contribution in [0.4, 0.5) is 16.4 Å². The number of esters is 1. The van der Waals surface area contributed by atoms with E-state index in [0.717, 1.165) is 26.7 Å². The average molecular weight is 639 g/mol. The van der Waals surface area contributed by atoms with Crippen LogP contribution in [0, 0.1) is 0 Å². The summed E-state index contributed by atoms with van der Waals surface area (Å²) in [5, 5.41) is 9.68. The van der Waals surface area contributed by atoms with Gasteiger partial charge in [-0.25, -0.2) is 4.79 Å². The molecule has 12 heteroatoms. The maximum Gasteiger partial charge on any atom is 0.341 e. The molecule has 0 bridgehead atoms. The van der Waals surface area contributed by atoms with Gasteiger partial charge in [-0.15, -0.1) is 23.1 Å². The molecule has 0 fully saturated rings. The number of carbonyl (C=O) groups excluding carboxylic acids is 4. The van der Waals surface area contributed by atoms with Gasteiger partial charge in [0.15, 0.2) is 10.9 Å². The van der Waals surface area contributed by atoms with E-state index in [0.29, 0.717) is 47.2 Å². The molecule has 0 spiro atoms. The summed E-state index contributed by atoms with van der Waals surface area (Å²) < 4.78 is 5.32. The van der Waals surface area contributed by atoms with E-state index in [1.54, 1.807) is 36.1 Å². The number of rotatable bonds is 10. The average Bonchev–Trinajstić information content (AvgIpc) is 3.33. The van der Waals surface area contributed by atoms with Crippen molar-refractivity contribution in [1.82, 2.24) is 4.90 Å². The van der Waals surface area contributed by atoms with Gasteiger partial charge in [0.25, 0.3) is 0 Å². The van der Waals surface area contributed by atoms with Crippen molar-refractivity contribution < 1.29 is 23.9 Å². The molecule has 1 aliphatic heterocycles. The molecular weight excluding hydrogens is 605 g/mol. The molecule has 0 saturated heterocycles. The highest BCUT2D eigenvalue weighted by atomic mass is 32.2. The van der Waals surface area contributed by atoms with E-state index in [9.17, 15) is 19.2 Å². The van der Waals surface area contributed by atoms with Crippen molar-refractivity contribution in [2.24, 2.45) is 0 Å². The molecule has 0 saturated carbocycles. The number of thiophene rings is 1. The van der Waals surface area contributed by atoms with E-state index < -0.39 is 11.2 Å². The lowest BCUT2D eigenvalue weighted by Crippen LogP contribution is -2.34. The number of nitrogens with one attached hydrogen (secondary N) is 3. The highest BCUT2D eigenvalue weighted by Crippen LogP contribution is 2.38. The van der Waals surface area contributed by atoms with Crippen LogP contribution in [-0.4, -0.2) is 52.0 Å². The summed E-state index contributed by atoms with van der Waals surface area (Å²) in [6.07, 6.45) is 1.09. The first kappa shape index (κ1) is 32.2. The molecule has 9 nitrogen and oxygen atoms in total. The van der Waals surface area contributed by atoms with Crippen LogP contribution in [0.2, 0.25) is 0 Å². The Morgan fingerprint density at radius 3 is 2.40 bits per heavy atom. The standard InChI is InChI=1S/C31H34N4O5S3/c1-5-25(28(38)34-29-27(30(39)40-6-2)24-14-15-35(19(4)37)17-26(24)43-29)42-23-9-7-8-22(16-23)33-31(41)32-21-12-10-20(11-13-21)18(3)36/h7-13,16,25H,5-6,14-15,17H2,1-4H3,(H,34,38)(H2,32,33,41). The molecule has 3 aromatic rings. The normalized spacial score (nSPS) is 13.0. The lowest BCUT2D eigenvalue weighted by Gasteiger charge is -2.25. The summed E-state index contributed by atoms with van der Waals surface area (Å²) in [6.45, 7) is 7.87. The predicted octanol–water partition coefficient (Wildman–Crippen LogP) is 6.35. The molecule has 1 aliphatic rings. The Morgan fingerprint density at radius 1 is 1.02 bits per heavy atom. The van der Waals surface area contributed by atoms with E-state index in [-0.39, 0.29) is 24.2 Å². The molecule has 2 amide bonds. The van der Waals surface area contributed by atoms with Crippen LogP contribution in [0.1, 0.15) is 65.3 Å². The van der Waals surface area contributed by atoms with Gasteiger partial charge in [-0.2, -0.15) is 0 Å². The van der Waals surface area contributed by atoms with Crippen molar-refractivity contribution in [3.63, 3.8) is 0 Å². The van der Waals surface area contributed by atoms with Gasteiger partial charge in [0.2, 0.25) is 11.8 Å². The summed E-state index contributed by atoms with van der Waals surface area (Å²) in [5.74, 6) is -0.716. The first-order valence-corrected chi connectivity index (χ1v) is 16.0. The fraction of sp³-hybridized carbons (Fsp3) is 0.323. The van der Waals surface area contributed by atoms with Gasteiger partial charge < -0.3 is 25.6 Å². The Kier molecular flexibility index (Phi) is 10.9. The minimum Gasteiger partial charge on any atom is -0.462 e. The van der Waals surface area contributed by atoms with E-state index >= 15 is 0 Å². The van der Waals surface area contributed by atoms with Gasteiger partial charge in [0, 0.05) is 40.2 Å². The third kappa shape index (κ3) is 8.21. The van der Waals surface area contributed by atoms with E-state index in [4.69, 9.17) is 17.0 Å². The van der Waals surface area contributed by atoms with Crippen molar-refractivity contribution in [3.8, 4) is 0 Å². The number of ether oxygens (including phenoxy) is 1. The number of hydrogen-bond acceptors (Lipinski definition) is 8. The maximum atomic E-state index is 13.5. The predicted molar refractivity (Wildman–Crippen MR) is 176 cm³/mol. The number of fused-ring (bicyclic) bond motifs is 1. The first-order valence-electron chi connectivity index (χ1n) is 13.9. The van der Waals surface area contributed by atoms with E-state index in [2.05, 4.69) is 16.0 Å². The molecule has 1 atom stereocenters. The largest absolute Gasteiger partial charge is 0.462 e. The Balaban J connectivity index is 1.44. The zero-order valence-corrected chi connectivity index (χ0v) is 26.9. The Morgan fingerprint density at radius 2 is 1.74 bits per heavy atom. The van der Waals surface area contributed by atoms with Gasteiger partial charge >= 0.3 is 5.97 Å². The third-order valence-electron chi connectivity index (χ3n) is 6.80. The Hall–Kier alpha value is -3.74. The number of carbonyl (C=O) groups is 4. The molecule has 1 unspecified atom stereocenters. The second-order valence-corrected chi connectivity index (χ2v) is 12.7. The van der Waals surface area contributed by atoms with Crippen LogP contribution in [0.15, 0.2) is 53.4 Å². The molecule has 3 N–H and O–H groups in total. The van der Waals surface area contributed by atoms with Crippen LogP contribution in [0.25, 0.3) is 0 Å². The topological polar surface area (TPSA) is 117 Å². The van der Waals surface area contributed by atoms with Crippen molar-refractivity contribution in [2.75, 3.05) is 29.1 Å². The van der Waals surface area contributed by atoms with E-state index in [1.165, 1.54) is 36.9 Å². The summed E-state index contributed by atoms with van der Waals surface area (Å²) in [5.41, 5.74) is 3.36. The SMILES string of the molecule is CCOC(=O)c1c(NC(=O)C(CC)Sc2cccc(NC(=S)Nc3ccc(C(C)=O)cc3)c2)sc2c1CCN(C(C)=O)C2. The quantitative estimate of drug-likeness (QED) is 0.101. The number of anilines is 3. The smallest absolute Gasteiger partial charge is 0.341 e. The number of amides is 2. The van der Waals surface area contributed by atoms with Crippen LogP contribution >= 0.6 is 35.3 Å². The fourth-order valence-corrected chi connectivity index (χ4v) is 7.09. The zero-order chi connectivity index (χ0) is 31.1. The van der Waals surface area contributed by atoms with Crippen molar-refractivity contribution in [1.29, 1.82) is 0 Å². The molecule has 4 rings (SSSR count). The molecule has 1 aromatic heterocycles. The minimum absolute atomic E-state index is 0.00409. The highest BCUT2D eigenvalue weighted by molar-refractivity contribution is 8.00. The molecule has 2 heterocycles. The maximum absolute atomic E-state index is 13.5. The van der Waals surface area contributed by atoms with Crippen LogP contribution in [0.3, 0.4) is 0 Å². The summed E-state index contributed by atoms with van der Waals surface area (Å²) in [4.78, 5) is 53.4. The second-order valence-electron chi connectivity index (χ2n) is 9.86. The number of thiocarbonyl (C=S) groups is 1. The van der Waals surface area contributed by atoms with Gasteiger partial charge in [0.05, 0.1) is 24.0 Å². The van der Waals surface area contributed by atoms with E-state index in [1.807, 2.05) is 31.2 Å². The number of Topliss-reactive ketones (excluding diaryl/α,β-unsaturated/α-hetero) is 1. The monoisotopic (exact) mass is 638 g/mol. The lowest BCUT2D eigenvalue weighted by atomic mass is 10.0. The van der Waals surface area contributed by atoms with Crippen LogP contribution < -0.4 is 16.0 Å². The molecule has 0 aliphatic carbocycles. The minimum atomic E-state index is -0.467. The van der Waals surface area contributed by atoms with Crippen molar-refractivity contribution in [2.45, 2.75) is 57.2 Å². The van der Waals surface area contributed by atoms with Crippen molar-refractivity contribution >= 4 is 80.4 Å². The molecule has 226 valence electrons. The first-order chi connectivity index (χ1) is 20.6. The fourth-order valence-electron chi connectivity index (χ4n) is 4.59. The number of ketones is 1. The van der Waals surface area contributed by atoms with Crippen LogP contribution in [0.5, 0.6) is 0 Å². The summed E-state index contributed by atoms with van der Waals surface area (Å²) in [6, 6.07) is 14.7. The highest BCUT2D eigenvalue weighted by Gasteiger charge is 2.31. The molecule has 0 radical (unpaired) electrons. The lowest BCUT2D eigenvalue weighted by molar-refractivity contribution is -0.129. The number of hydrogen-bond donors (Lipinski definition) is 3. The molecule has 43 heavy (non-hydrogen) atoms. The number of thioether (sulfide) groups is 1. The van der Waals surface area contributed by atoms with Gasteiger partial charge in [0.1, 0.15) is 5.00 Å². The summed E-state index contributed by atoms with van der Waals surface area (Å²) in [7, 11) is 0. The summed E-state index contributed by atoms with van der Waals surface area (Å²) >= 11 is 8.21. The molecule has 2 aromatic carbocycles. The Bertz CT molecular complexity index is 1540. The van der Waals surface area contributed by atoms with Gasteiger partial charge in [-0.3, -0.25) is 14.4 Å². The van der Waals surface area contributed by atoms with Gasteiger partial charge in [-0.1, -0.05) is 13.0 Å². The Labute approximate surface area is 264 Å². The van der Waals surface area contributed by atoms with Crippen LogP contribution in [-0.2, 0) is 27.3 Å². The molecular formula is C31H34N4O5S3. The number of nitrogens with zero attached hydrogens (tertiary/aromatic N) is 1. The zero-order valence-electron chi connectivity index (χ0n) is 24.4. The van der Waals surface area contributed by atoms with Crippen molar-refractivity contribution in [3.05, 3.63) is 70.1 Å². The second kappa shape index (κ2) is 14.6. The number of benzene rings is 2. The van der Waals surface area contributed by atoms with Gasteiger partial charge in [-0.05, 0) is 86.9 Å².